The Balaban J connectivity index is 2.17. The topological polar surface area (TPSA) is 35.0 Å². The molecule has 0 saturated heterocycles. The third kappa shape index (κ3) is 3.44. The minimum absolute atomic E-state index is 0.558. The van der Waals surface area contributed by atoms with E-state index in [2.05, 4.69) is 32.2 Å². The molecule has 2 aromatic rings. The highest BCUT2D eigenvalue weighted by molar-refractivity contribution is 9.10. The number of aromatic nitrogens is 2. The highest BCUT2D eigenvalue weighted by Gasteiger charge is 2.05. The van der Waals surface area contributed by atoms with Crippen LogP contribution in [0.3, 0.4) is 0 Å². The Kier molecular flexibility index (Phi) is 4.39. The number of halogens is 1. The minimum Gasteiger partial charge on any atom is -0.436 e. The van der Waals surface area contributed by atoms with Crippen LogP contribution in [-0.4, -0.2) is 16.2 Å². The fourth-order valence-electron chi connectivity index (χ4n) is 1.30. The predicted octanol–water partition coefficient (Wildman–Crippen LogP) is 3.89. The third-order valence-electron chi connectivity index (χ3n) is 2.02. The van der Waals surface area contributed by atoms with Crippen molar-refractivity contribution in [3.63, 3.8) is 0 Å². The molecule has 0 amide bonds. The fraction of sp³-hybridized carbons (Fsp3) is 0.167. The van der Waals surface area contributed by atoms with Crippen LogP contribution in [0.1, 0.15) is 5.56 Å². The molecule has 3 nitrogen and oxygen atoms in total. The van der Waals surface area contributed by atoms with Gasteiger partial charge in [0.25, 0.3) is 0 Å². The molecule has 0 aromatic carbocycles. The Hall–Kier alpha value is -1.07. The maximum absolute atomic E-state index is 5.61. The number of nitrogens with zero attached hydrogens (tertiary/aromatic N) is 2. The van der Waals surface area contributed by atoms with Gasteiger partial charge in [-0.25, -0.2) is 4.98 Å². The van der Waals surface area contributed by atoms with Gasteiger partial charge in [0.2, 0.25) is 5.88 Å². The summed E-state index contributed by atoms with van der Waals surface area (Å²) in [6, 6.07) is 5.69. The van der Waals surface area contributed by atoms with E-state index < -0.39 is 0 Å². The highest BCUT2D eigenvalue weighted by atomic mass is 79.9. The van der Waals surface area contributed by atoms with Gasteiger partial charge in [-0.3, -0.25) is 4.98 Å². The van der Waals surface area contributed by atoms with Crippen LogP contribution in [0.5, 0.6) is 11.6 Å². The Labute approximate surface area is 113 Å². The average molecular weight is 311 g/mol. The van der Waals surface area contributed by atoms with Crippen LogP contribution in [0.15, 0.2) is 41.3 Å². The number of ether oxygens (including phenoxy) is 1. The smallest absolute Gasteiger partial charge is 0.233 e. The lowest BCUT2D eigenvalue weighted by Crippen LogP contribution is -1.91. The maximum Gasteiger partial charge on any atom is 0.233 e. The van der Waals surface area contributed by atoms with E-state index in [0.717, 1.165) is 10.2 Å². The summed E-state index contributed by atoms with van der Waals surface area (Å²) in [5.74, 6) is 2.18. The number of pyridine rings is 2. The highest BCUT2D eigenvalue weighted by Crippen LogP contribution is 2.28. The van der Waals surface area contributed by atoms with Crippen LogP contribution < -0.4 is 4.74 Å². The summed E-state index contributed by atoms with van der Waals surface area (Å²) in [5, 5.41) is 0. The van der Waals surface area contributed by atoms with Crippen LogP contribution in [0.4, 0.5) is 0 Å². The molecule has 2 rings (SSSR count). The van der Waals surface area contributed by atoms with Gasteiger partial charge in [0.05, 0.1) is 10.7 Å². The predicted molar refractivity (Wildman–Crippen MR) is 73.5 cm³/mol. The van der Waals surface area contributed by atoms with Gasteiger partial charge in [-0.05, 0) is 45.9 Å². The number of rotatable bonds is 4. The van der Waals surface area contributed by atoms with E-state index >= 15 is 0 Å². The summed E-state index contributed by atoms with van der Waals surface area (Å²) < 4.78 is 6.47. The lowest BCUT2D eigenvalue weighted by Gasteiger charge is -2.07. The largest absolute Gasteiger partial charge is 0.436 e. The SMILES string of the molecule is CSCc1cnc(Oc2cccnc2)c(Br)c1. The van der Waals surface area contributed by atoms with E-state index in [1.165, 1.54) is 5.56 Å². The van der Waals surface area contributed by atoms with Crippen LogP contribution in [-0.2, 0) is 5.75 Å². The molecule has 2 heterocycles. The van der Waals surface area contributed by atoms with E-state index in [9.17, 15) is 0 Å². The van der Waals surface area contributed by atoms with Crippen LogP contribution in [0.2, 0.25) is 0 Å². The van der Waals surface area contributed by atoms with Gasteiger partial charge < -0.3 is 4.74 Å². The second-order valence-corrected chi connectivity index (χ2v) is 5.07. The summed E-state index contributed by atoms with van der Waals surface area (Å²) in [5.41, 5.74) is 1.17. The second-order valence-electron chi connectivity index (χ2n) is 3.35. The molecule has 0 bridgehead atoms. The molecule has 0 aliphatic carbocycles. The maximum atomic E-state index is 5.61. The molecule has 0 aliphatic heterocycles. The van der Waals surface area contributed by atoms with E-state index in [4.69, 9.17) is 4.74 Å². The fourth-order valence-corrected chi connectivity index (χ4v) is 2.27. The summed E-state index contributed by atoms with van der Waals surface area (Å²) in [7, 11) is 0. The summed E-state index contributed by atoms with van der Waals surface area (Å²) >= 11 is 5.22. The van der Waals surface area contributed by atoms with Gasteiger partial charge in [0.1, 0.15) is 5.75 Å². The molecular formula is C12H11BrN2OS. The molecular weight excluding hydrogens is 300 g/mol. The Bertz CT molecular complexity index is 493. The van der Waals surface area contributed by atoms with Gasteiger partial charge in [-0.1, -0.05) is 0 Å². The lowest BCUT2D eigenvalue weighted by molar-refractivity contribution is 0.457. The first-order valence-electron chi connectivity index (χ1n) is 5.01. The van der Waals surface area contributed by atoms with Crippen molar-refractivity contribution in [2.45, 2.75) is 5.75 Å². The minimum atomic E-state index is 0.558. The van der Waals surface area contributed by atoms with E-state index in [1.807, 2.05) is 24.4 Å². The van der Waals surface area contributed by atoms with Crippen molar-refractivity contribution in [2.24, 2.45) is 0 Å². The summed E-state index contributed by atoms with van der Waals surface area (Å²) in [6.45, 7) is 0. The quantitative estimate of drug-likeness (QED) is 0.858. The van der Waals surface area contributed by atoms with Gasteiger partial charge in [0.15, 0.2) is 0 Å². The van der Waals surface area contributed by atoms with Gasteiger partial charge in [-0.15, -0.1) is 0 Å². The van der Waals surface area contributed by atoms with Crippen molar-refractivity contribution >= 4 is 27.7 Å². The lowest BCUT2D eigenvalue weighted by atomic mass is 10.3. The second kappa shape index (κ2) is 6.02. The summed E-state index contributed by atoms with van der Waals surface area (Å²) in [4.78, 5) is 8.27. The molecule has 0 N–H and O–H groups in total. The first-order chi connectivity index (χ1) is 8.29. The van der Waals surface area contributed by atoms with Gasteiger partial charge in [0, 0.05) is 18.1 Å². The zero-order valence-corrected chi connectivity index (χ0v) is 11.7. The monoisotopic (exact) mass is 310 g/mol. The van der Waals surface area contributed by atoms with Crippen molar-refractivity contribution in [1.29, 1.82) is 0 Å². The van der Waals surface area contributed by atoms with E-state index in [-0.39, 0.29) is 0 Å². The number of thioether (sulfide) groups is 1. The van der Waals surface area contributed by atoms with Crippen LogP contribution in [0, 0.1) is 0 Å². The first kappa shape index (κ1) is 12.4. The van der Waals surface area contributed by atoms with Crippen molar-refractivity contribution < 1.29 is 4.74 Å². The number of hydrogen-bond donors (Lipinski definition) is 0. The summed E-state index contributed by atoms with van der Waals surface area (Å²) in [6.07, 6.45) is 7.25. The third-order valence-corrected chi connectivity index (χ3v) is 3.21. The van der Waals surface area contributed by atoms with Crippen LogP contribution in [0.25, 0.3) is 0 Å². The zero-order chi connectivity index (χ0) is 12.1. The standard InChI is InChI=1S/C12H11BrN2OS/c1-17-8-9-5-11(13)12(15-6-9)16-10-3-2-4-14-7-10/h2-7H,8H2,1H3. The van der Waals surface area contributed by atoms with Crippen molar-refractivity contribution in [3.05, 3.63) is 46.8 Å². The molecule has 0 fully saturated rings. The Morgan fingerprint density at radius 1 is 1.41 bits per heavy atom. The molecule has 0 aliphatic rings. The Morgan fingerprint density at radius 3 is 2.94 bits per heavy atom. The molecule has 88 valence electrons. The first-order valence-corrected chi connectivity index (χ1v) is 7.19. The molecule has 0 radical (unpaired) electrons. The molecule has 0 spiro atoms. The van der Waals surface area contributed by atoms with E-state index in [1.54, 1.807) is 24.2 Å². The van der Waals surface area contributed by atoms with Crippen molar-refractivity contribution in [3.8, 4) is 11.6 Å². The number of hydrogen-bond acceptors (Lipinski definition) is 4. The zero-order valence-electron chi connectivity index (χ0n) is 9.26. The Morgan fingerprint density at radius 2 is 2.29 bits per heavy atom. The molecule has 0 unspecified atom stereocenters. The van der Waals surface area contributed by atoms with Crippen molar-refractivity contribution in [2.75, 3.05) is 6.26 Å². The van der Waals surface area contributed by atoms with Crippen LogP contribution >= 0.6 is 27.7 Å². The van der Waals surface area contributed by atoms with Gasteiger partial charge in [-0.2, -0.15) is 11.8 Å². The molecule has 2 aromatic heterocycles. The van der Waals surface area contributed by atoms with E-state index in [0.29, 0.717) is 11.6 Å². The van der Waals surface area contributed by atoms with Gasteiger partial charge >= 0.3 is 0 Å². The normalized spacial score (nSPS) is 10.2. The molecule has 17 heavy (non-hydrogen) atoms. The van der Waals surface area contributed by atoms with Crippen molar-refractivity contribution in [1.82, 2.24) is 9.97 Å². The molecule has 0 saturated carbocycles. The molecule has 0 atom stereocenters. The average Bonchev–Trinajstić information content (AvgIpc) is 2.34. The molecule has 5 heteroatoms.